The van der Waals surface area contributed by atoms with Crippen molar-refractivity contribution in [3.63, 3.8) is 0 Å². The van der Waals surface area contributed by atoms with E-state index in [2.05, 4.69) is 5.16 Å². The van der Waals surface area contributed by atoms with Crippen LogP contribution in [0.15, 0.2) is 34.3 Å². The monoisotopic (exact) mass is 228 g/mol. The highest BCUT2D eigenvalue weighted by molar-refractivity contribution is 7.89. The van der Waals surface area contributed by atoms with E-state index in [9.17, 15) is 8.42 Å². The molecule has 0 fully saturated rings. The molecule has 0 spiro atoms. The summed E-state index contributed by atoms with van der Waals surface area (Å²) in [6, 6.07) is 6.22. The van der Waals surface area contributed by atoms with Gasteiger partial charge in [0.1, 0.15) is 0 Å². The zero-order chi connectivity index (χ0) is 11.5. The maximum Gasteiger partial charge on any atom is 0.238 e. The van der Waals surface area contributed by atoms with Gasteiger partial charge in [-0.15, -0.1) is 0 Å². The topological polar surface area (TPSA) is 92.8 Å². The molecule has 6 heteroatoms. The SMILES string of the molecule is C/C(Cc1cccc(S(N)(=O)=O)c1)=N\O. The van der Waals surface area contributed by atoms with E-state index in [1.807, 2.05) is 0 Å². The van der Waals surface area contributed by atoms with Crippen LogP contribution in [-0.4, -0.2) is 19.3 Å². The summed E-state index contributed by atoms with van der Waals surface area (Å²) in [7, 11) is -3.67. The second kappa shape index (κ2) is 4.41. The van der Waals surface area contributed by atoms with Crippen molar-refractivity contribution in [3.05, 3.63) is 29.8 Å². The lowest BCUT2D eigenvalue weighted by Gasteiger charge is -2.02. The van der Waals surface area contributed by atoms with Crippen LogP contribution in [0, 0.1) is 0 Å². The normalized spacial score (nSPS) is 12.8. The van der Waals surface area contributed by atoms with Gasteiger partial charge in [-0.2, -0.15) is 0 Å². The van der Waals surface area contributed by atoms with Crippen LogP contribution in [0.2, 0.25) is 0 Å². The molecule has 3 N–H and O–H groups in total. The van der Waals surface area contributed by atoms with Crippen molar-refractivity contribution in [3.8, 4) is 0 Å². The largest absolute Gasteiger partial charge is 0.411 e. The van der Waals surface area contributed by atoms with Crippen LogP contribution in [0.25, 0.3) is 0 Å². The van der Waals surface area contributed by atoms with Crippen molar-refractivity contribution in [2.45, 2.75) is 18.2 Å². The number of hydrogen-bond acceptors (Lipinski definition) is 4. The van der Waals surface area contributed by atoms with Crippen LogP contribution in [0.4, 0.5) is 0 Å². The van der Waals surface area contributed by atoms with Gasteiger partial charge in [-0.25, -0.2) is 13.6 Å². The lowest BCUT2D eigenvalue weighted by molar-refractivity contribution is 0.317. The molecular formula is C9H12N2O3S. The average molecular weight is 228 g/mol. The summed E-state index contributed by atoms with van der Waals surface area (Å²) in [6.07, 6.45) is 0.389. The zero-order valence-electron chi connectivity index (χ0n) is 8.21. The Bertz CT molecular complexity index is 480. The van der Waals surface area contributed by atoms with E-state index in [1.54, 1.807) is 19.1 Å². The van der Waals surface area contributed by atoms with Gasteiger partial charge in [0.25, 0.3) is 0 Å². The average Bonchev–Trinajstić information content (AvgIpc) is 2.17. The number of primary sulfonamides is 1. The highest BCUT2D eigenvalue weighted by Crippen LogP contribution is 2.10. The van der Waals surface area contributed by atoms with Gasteiger partial charge in [0.15, 0.2) is 0 Å². The first-order chi connectivity index (χ1) is 6.93. The van der Waals surface area contributed by atoms with Gasteiger partial charge < -0.3 is 5.21 Å². The minimum absolute atomic E-state index is 0.0609. The summed E-state index contributed by atoms with van der Waals surface area (Å²) < 4.78 is 22.1. The minimum atomic E-state index is -3.67. The highest BCUT2D eigenvalue weighted by atomic mass is 32.2. The molecule has 82 valence electrons. The Morgan fingerprint density at radius 1 is 1.53 bits per heavy atom. The Hall–Kier alpha value is -1.40. The summed E-state index contributed by atoms with van der Waals surface area (Å²) in [4.78, 5) is 0.0609. The van der Waals surface area contributed by atoms with Gasteiger partial charge >= 0.3 is 0 Å². The van der Waals surface area contributed by atoms with E-state index >= 15 is 0 Å². The van der Waals surface area contributed by atoms with Crippen molar-refractivity contribution in [2.75, 3.05) is 0 Å². The highest BCUT2D eigenvalue weighted by Gasteiger charge is 2.08. The fraction of sp³-hybridized carbons (Fsp3) is 0.222. The maximum atomic E-state index is 11.0. The van der Waals surface area contributed by atoms with E-state index in [0.29, 0.717) is 12.1 Å². The molecule has 1 aromatic rings. The molecular weight excluding hydrogens is 216 g/mol. The first-order valence-corrected chi connectivity index (χ1v) is 5.77. The third-order valence-electron chi connectivity index (χ3n) is 1.86. The molecule has 0 heterocycles. The zero-order valence-corrected chi connectivity index (χ0v) is 9.03. The quantitative estimate of drug-likeness (QED) is 0.453. The van der Waals surface area contributed by atoms with Crippen LogP contribution < -0.4 is 5.14 Å². The van der Waals surface area contributed by atoms with E-state index in [1.165, 1.54) is 12.1 Å². The third-order valence-corrected chi connectivity index (χ3v) is 2.77. The molecule has 0 aliphatic rings. The Balaban J connectivity index is 3.04. The molecule has 15 heavy (non-hydrogen) atoms. The number of rotatable bonds is 3. The molecule has 0 saturated heterocycles. The molecule has 0 bridgehead atoms. The Morgan fingerprint density at radius 2 is 2.20 bits per heavy atom. The molecule has 0 aromatic heterocycles. The molecule has 0 aliphatic heterocycles. The lowest BCUT2D eigenvalue weighted by atomic mass is 10.1. The molecule has 1 aromatic carbocycles. The Kier molecular flexibility index (Phi) is 3.43. The van der Waals surface area contributed by atoms with E-state index in [-0.39, 0.29) is 4.90 Å². The Morgan fingerprint density at radius 3 is 2.73 bits per heavy atom. The number of nitrogens with zero attached hydrogens (tertiary/aromatic N) is 1. The third kappa shape index (κ3) is 3.34. The van der Waals surface area contributed by atoms with Gasteiger partial charge in [-0.3, -0.25) is 0 Å². The number of hydrogen-bond donors (Lipinski definition) is 2. The summed E-state index contributed by atoms with van der Waals surface area (Å²) in [6.45, 7) is 1.64. The van der Waals surface area contributed by atoms with Gasteiger partial charge in [-0.1, -0.05) is 17.3 Å². The number of nitrogens with two attached hydrogens (primary N) is 1. The van der Waals surface area contributed by atoms with Crippen LogP contribution in [0.1, 0.15) is 12.5 Å². The second-order valence-electron chi connectivity index (χ2n) is 3.20. The molecule has 5 nitrogen and oxygen atoms in total. The number of benzene rings is 1. The standard InChI is InChI=1S/C9H12N2O3S/c1-7(11-12)5-8-3-2-4-9(6-8)15(10,13)14/h2-4,6,12H,5H2,1H3,(H2,10,13,14)/b11-7+. The molecule has 1 rings (SSSR count). The van der Waals surface area contributed by atoms with E-state index in [0.717, 1.165) is 5.56 Å². The molecule has 0 amide bonds. The predicted octanol–water partition coefficient (Wildman–Crippen LogP) is 0.727. The summed E-state index contributed by atoms with van der Waals surface area (Å²) in [5, 5.41) is 16.5. The second-order valence-corrected chi connectivity index (χ2v) is 4.77. The van der Waals surface area contributed by atoms with Crippen molar-refractivity contribution in [1.29, 1.82) is 0 Å². The van der Waals surface area contributed by atoms with Crippen LogP contribution in [-0.2, 0) is 16.4 Å². The van der Waals surface area contributed by atoms with Crippen molar-refractivity contribution >= 4 is 15.7 Å². The smallest absolute Gasteiger partial charge is 0.238 e. The molecule has 0 radical (unpaired) electrons. The fourth-order valence-electron chi connectivity index (χ4n) is 1.16. The number of sulfonamides is 1. The summed E-state index contributed by atoms with van der Waals surface area (Å²) in [5.41, 5.74) is 1.23. The van der Waals surface area contributed by atoms with E-state index < -0.39 is 10.0 Å². The van der Waals surface area contributed by atoms with Crippen LogP contribution in [0.3, 0.4) is 0 Å². The first-order valence-electron chi connectivity index (χ1n) is 4.23. The lowest BCUT2D eigenvalue weighted by Crippen LogP contribution is -2.12. The van der Waals surface area contributed by atoms with E-state index in [4.69, 9.17) is 10.3 Å². The summed E-state index contributed by atoms with van der Waals surface area (Å²) in [5.74, 6) is 0. The van der Waals surface area contributed by atoms with Crippen molar-refractivity contribution in [2.24, 2.45) is 10.3 Å². The number of oxime groups is 1. The fourth-order valence-corrected chi connectivity index (χ4v) is 1.75. The molecule has 0 aliphatic carbocycles. The van der Waals surface area contributed by atoms with Crippen LogP contribution in [0.5, 0.6) is 0 Å². The molecule has 0 unspecified atom stereocenters. The maximum absolute atomic E-state index is 11.0. The van der Waals surface area contributed by atoms with Gasteiger partial charge in [0.05, 0.1) is 10.6 Å². The van der Waals surface area contributed by atoms with Crippen LogP contribution >= 0.6 is 0 Å². The minimum Gasteiger partial charge on any atom is -0.411 e. The van der Waals surface area contributed by atoms with Gasteiger partial charge in [-0.05, 0) is 24.6 Å². The summed E-state index contributed by atoms with van der Waals surface area (Å²) >= 11 is 0. The predicted molar refractivity (Wildman–Crippen MR) is 56.4 cm³/mol. The molecule has 0 atom stereocenters. The first kappa shape index (κ1) is 11.7. The van der Waals surface area contributed by atoms with Gasteiger partial charge in [0, 0.05) is 6.42 Å². The molecule has 0 saturated carbocycles. The van der Waals surface area contributed by atoms with Crippen molar-refractivity contribution < 1.29 is 13.6 Å². The van der Waals surface area contributed by atoms with Crippen molar-refractivity contribution in [1.82, 2.24) is 0 Å². The Labute approximate surface area is 88.3 Å². The van der Waals surface area contributed by atoms with Gasteiger partial charge in [0.2, 0.25) is 10.0 Å².